The second kappa shape index (κ2) is 8.92. The maximum Gasteiger partial charge on any atom is 0.310 e. The van der Waals surface area contributed by atoms with Gasteiger partial charge in [-0.25, -0.2) is 8.78 Å². The van der Waals surface area contributed by atoms with Crippen LogP contribution in [0.1, 0.15) is 55.8 Å². The van der Waals surface area contributed by atoms with Gasteiger partial charge in [0, 0.05) is 18.2 Å². The third-order valence-electron chi connectivity index (χ3n) is 4.77. The fraction of sp³-hybridized carbons (Fsp3) is 0.579. The Kier molecular flexibility index (Phi) is 6.91. The predicted octanol–water partition coefficient (Wildman–Crippen LogP) is 3.94. The monoisotopic (exact) mass is 353 g/mol. The van der Waals surface area contributed by atoms with Crippen molar-refractivity contribution in [1.82, 2.24) is 4.90 Å². The van der Waals surface area contributed by atoms with E-state index in [2.05, 4.69) is 0 Å². The van der Waals surface area contributed by atoms with Gasteiger partial charge in [-0.1, -0.05) is 32.6 Å². The lowest BCUT2D eigenvalue weighted by Gasteiger charge is -2.33. The van der Waals surface area contributed by atoms with Crippen molar-refractivity contribution in [3.63, 3.8) is 0 Å². The number of methoxy groups -OCH3 is 1. The maximum atomic E-state index is 13.5. The first-order valence-electron chi connectivity index (χ1n) is 8.78. The SMILES string of the molecule is COC(=O)C(C)CN(C(=O)c1ccc(F)c(F)c1)C1CCCCCC1. The number of amides is 1. The number of nitrogens with zero attached hydrogens (tertiary/aromatic N) is 1. The molecule has 1 aromatic rings. The van der Waals surface area contributed by atoms with Crippen LogP contribution in [0.5, 0.6) is 0 Å². The molecule has 0 spiro atoms. The molecule has 138 valence electrons. The number of benzene rings is 1. The fourth-order valence-corrected chi connectivity index (χ4v) is 3.33. The van der Waals surface area contributed by atoms with Gasteiger partial charge in [-0.15, -0.1) is 0 Å². The average molecular weight is 353 g/mol. The van der Waals surface area contributed by atoms with E-state index in [1.807, 2.05) is 0 Å². The summed E-state index contributed by atoms with van der Waals surface area (Å²) in [6.45, 7) is 1.91. The Morgan fingerprint density at radius 2 is 1.80 bits per heavy atom. The van der Waals surface area contributed by atoms with Crippen LogP contribution in [0.3, 0.4) is 0 Å². The zero-order valence-electron chi connectivity index (χ0n) is 14.8. The lowest BCUT2D eigenvalue weighted by molar-refractivity contribution is -0.145. The summed E-state index contributed by atoms with van der Waals surface area (Å²) in [6.07, 6.45) is 5.97. The predicted molar refractivity (Wildman–Crippen MR) is 90.1 cm³/mol. The smallest absolute Gasteiger partial charge is 0.310 e. The Morgan fingerprint density at radius 3 is 2.36 bits per heavy atom. The van der Waals surface area contributed by atoms with E-state index in [1.165, 1.54) is 13.2 Å². The number of esters is 1. The van der Waals surface area contributed by atoms with Crippen LogP contribution >= 0.6 is 0 Å². The minimum atomic E-state index is -1.05. The number of halogens is 2. The van der Waals surface area contributed by atoms with E-state index in [1.54, 1.807) is 11.8 Å². The first-order chi connectivity index (χ1) is 11.9. The molecule has 25 heavy (non-hydrogen) atoms. The van der Waals surface area contributed by atoms with Gasteiger partial charge in [0.25, 0.3) is 5.91 Å². The van der Waals surface area contributed by atoms with E-state index < -0.39 is 23.5 Å². The molecule has 0 bridgehead atoms. The van der Waals surface area contributed by atoms with E-state index in [0.29, 0.717) is 0 Å². The van der Waals surface area contributed by atoms with Crippen molar-refractivity contribution in [2.24, 2.45) is 5.92 Å². The Labute approximate surface area is 147 Å². The van der Waals surface area contributed by atoms with Crippen LogP contribution in [0.2, 0.25) is 0 Å². The lowest BCUT2D eigenvalue weighted by atomic mass is 10.0. The topological polar surface area (TPSA) is 46.6 Å². The van der Waals surface area contributed by atoms with Crippen LogP contribution in [-0.4, -0.2) is 36.5 Å². The number of rotatable bonds is 5. The Hall–Kier alpha value is -1.98. The van der Waals surface area contributed by atoms with Crippen LogP contribution in [0.25, 0.3) is 0 Å². The highest BCUT2D eigenvalue weighted by Crippen LogP contribution is 2.25. The van der Waals surface area contributed by atoms with Gasteiger partial charge in [0.2, 0.25) is 0 Å². The molecule has 1 atom stereocenters. The molecule has 0 saturated heterocycles. The number of hydrogen-bond donors (Lipinski definition) is 0. The first kappa shape index (κ1) is 19.3. The van der Waals surface area contributed by atoms with E-state index in [4.69, 9.17) is 4.74 Å². The second-order valence-electron chi connectivity index (χ2n) is 6.66. The molecule has 1 aliphatic rings. The molecule has 1 amide bonds. The van der Waals surface area contributed by atoms with Crippen molar-refractivity contribution < 1.29 is 23.1 Å². The molecular weight excluding hydrogens is 328 g/mol. The highest BCUT2D eigenvalue weighted by Gasteiger charge is 2.29. The van der Waals surface area contributed by atoms with Crippen LogP contribution in [-0.2, 0) is 9.53 Å². The minimum absolute atomic E-state index is 0.00443. The molecular formula is C19H25F2NO3. The standard InChI is InChI=1S/C19H25F2NO3/c1-13(19(24)25-2)12-22(15-7-5-3-4-6-8-15)18(23)14-9-10-16(20)17(21)11-14/h9-11,13,15H,3-8,12H2,1-2H3. The zero-order valence-corrected chi connectivity index (χ0v) is 14.8. The van der Waals surface area contributed by atoms with Gasteiger partial charge in [0.1, 0.15) is 0 Å². The zero-order chi connectivity index (χ0) is 18.4. The summed E-state index contributed by atoms with van der Waals surface area (Å²) in [6, 6.07) is 3.16. The summed E-state index contributed by atoms with van der Waals surface area (Å²) in [5, 5.41) is 0. The van der Waals surface area contributed by atoms with Gasteiger partial charge in [-0.3, -0.25) is 9.59 Å². The molecule has 1 aromatic carbocycles. The molecule has 1 unspecified atom stereocenters. The van der Waals surface area contributed by atoms with Gasteiger partial charge >= 0.3 is 5.97 Å². The fourth-order valence-electron chi connectivity index (χ4n) is 3.33. The van der Waals surface area contributed by atoms with Crippen molar-refractivity contribution in [1.29, 1.82) is 0 Å². The van der Waals surface area contributed by atoms with Gasteiger partial charge in [-0.2, -0.15) is 0 Å². The Bertz CT molecular complexity index is 613. The lowest BCUT2D eigenvalue weighted by Crippen LogP contribution is -2.44. The highest BCUT2D eigenvalue weighted by molar-refractivity contribution is 5.94. The molecule has 0 N–H and O–H groups in total. The van der Waals surface area contributed by atoms with Gasteiger partial charge < -0.3 is 9.64 Å². The van der Waals surface area contributed by atoms with Crippen molar-refractivity contribution in [3.05, 3.63) is 35.4 Å². The van der Waals surface area contributed by atoms with Gasteiger partial charge in [-0.05, 0) is 31.0 Å². The molecule has 1 saturated carbocycles. The van der Waals surface area contributed by atoms with E-state index >= 15 is 0 Å². The van der Waals surface area contributed by atoms with Crippen molar-refractivity contribution in [3.8, 4) is 0 Å². The Morgan fingerprint density at radius 1 is 1.16 bits per heavy atom. The Balaban J connectivity index is 2.26. The molecule has 0 heterocycles. The van der Waals surface area contributed by atoms with Crippen LogP contribution in [0, 0.1) is 17.6 Å². The summed E-state index contributed by atoms with van der Waals surface area (Å²) in [7, 11) is 1.31. The van der Waals surface area contributed by atoms with E-state index in [-0.39, 0.29) is 24.1 Å². The number of ether oxygens (including phenoxy) is 1. The van der Waals surface area contributed by atoms with Crippen LogP contribution in [0.15, 0.2) is 18.2 Å². The van der Waals surface area contributed by atoms with Crippen LogP contribution in [0.4, 0.5) is 8.78 Å². The molecule has 1 fully saturated rings. The number of hydrogen-bond acceptors (Lipinski definition) is 3. The largest absolute Gasteiger partial charge is 0.469 e. The average Bonchev–Trinajstić information content (AvgIpc) is 2.89. The summed E-state index contributed by atoms with van der Waals surface area (Å²) >= 11 is 0. The normalized spacial score (nSPS) is 16.8. The third kappa shape index (κ3) is 5.00. The van der Waals surface area contributed by atoms with Crippen molar-refractivity contribution in [2.75, 3.05) is 13.7 Å². The molecule has 0 radical (unpaired) electrons. The summed E-state index contributed by atoms with van der Waals surface area (Å²) < 4.78 is 31.5. The van der Waals surface area contributed by atoms with E-state index in [9.17, 15) is 18.4 Å². The summed E-state index contributed by atoms with van der Waals surface area (Å²) in [5.41, 5.74) is 0.0974. The number of carbonyl (C=O) groups is 2. The van der Waals surface area contributed by atoms with Gasteiger partial charge in [0.15, 0.2) is 11.6 Å². The van der Waals surface area contributed by atoms with Crippen molar-refractivity contribution in [2.45, 2.75) is 51.5 Å². The highest BCUT2D eigenvalue weighted by atomic mass is 19.2. The number of carbonyl (C=O) groups excluding carboxylic acids is 2. The first-order valence-corrected chi connectivity index (χ1v) is 8.78. The summed E-state index contributed by atoms with van der Waals surface area (Å²) in [5.74, 6) is -3.28. The molecule has 0 aliphatic heterocycles. The maximum absolute atomic E-state index is 13.5. The quantitative estimate of drug-likeness (QED) is 0.595. The van der Waals surface area contributed by atoms with Gasteiger partial charge in [0.05, 0.1) is 13.0 Å². The third-order valence-corrected chi connectivity index (χ3v) is 4.77. The van der Waals surface area contributed by atoms with E-state index in [0.717, 1.165) is 50.7 Å². The minimum Gasteiger partial charge on any atom is -0.469 e. The summed E-state index contributed by atoms with van der Waals surface area (Å²) in [4.78, 5) is 26.4. The molecule has 4 nitrogen and oxygen atoms in total. The molecule has 1 aliphatic carbocycles. The van der Waals surface area contributed by atoms with Crippen molar-refractivity contribution >= 4 is 11.9 Å². The molecule has 6 heteroatoms. The molecule has 0 aromatic heterocycles. The second-order valence-corrected chi connectivity index (χ2v) is 6.66. The molecule has 2 rings (SSSR count). The van der Waals surface area contributed by atoms with Crippen LogP contribution < -0.4 is 0 Å².